The minimum Gasteiger partial charge on any atom is -0.444 e. The van der Waals surface area contributed by atoms with Gasteiger partial charge in [0.2, 0.25) is 0 Å². The number of carbonyl (C=O) groups is 1. The van der Waals surface area contributed by atoms with Crippen LogP contribution < -0.4 is 5.69 Å². The molecule has 0 saturated heterocycles. The highest BCUT2D eigenvalue weighted by Gasteiger charge is 2.27. The van der Waals surface area contributed by atoms with Gasteiger partial charge in [-0.1, -0.05) is 26.8 Å². The molecule has 0 N–H and O–H groups in total. The topological polar surface area (TPSA) is 69.4 Å². The minimum atomic E-state index is -0.523. The first-order valence-corrected chi connectivity index (χ1v) is 9.59. The zero-order valence-corrected chi connectivity index (χ0v) is 17.9. The Bertz CT molecular complexity index is 1000. The summed E-state index contributed by atoms with van der Waals surface area (Å²) in [4.78, 5) is 31.3. The summed E-state index contributed by atoms with van der Waals surface area (Å²) in [5.41, 5.74) is 2.62. The maximum Gasteiger partial charge on any atom is 0.410 e. The Morgan fingerprint density at radius 2 is 1.86 bits per heavy atom. The normalized spacial score (nSPS) is 15.2. The SMILES string of the molecule is Cn1c(=O)n(CC(C)(C)C)c2ccc(C3=CCN(C(=O)OC(C)(C)C)C3)nc21. The summed E-state index contributed by atoms with van der Waals surface area (Å²) in [6.07, 6.45) is 1.66. The molecule has 7 nitrogen and oxygen atoms in total. The number of rotatable bonds is 2. The Labute approximate surface area is 165 Å². The molecule has 2 aromatic heterocycles. The molecule has 3 heterocycles. The van der Waals surface area contributed by atoms with Crippen LogP contribution in [0.4, 0.5) is 4.79 Å². The second-order valence-corrected chi connectivity index (χ2v) is 9.62. The summed E-state index contributed by atoms with van der Waals surface area (Å²) in [6.45, 7) is 13.4. The van der Waals surface area contributed by atoms with Gasteiger partial charge in [0.15, 0.2) is 5.65 Å². The van der Waals surface area contributed by atoms with Gasteiger partial charge in [0, 0.05) is 20.1 Å². The fourth-order valence-corrected chi connectivity index (χ4v) is 3.29. The average molecular weight is 386 g/mol. The number of hydrogen-bond donors (Lipinski definition) is 0. The second-order valence-electron chi connectivity index (χ2n) is 9.62. The van der Waals surface area contributed by atoms with Crippen molar-refractivity contribution in [2.24, 2.45) is 12.5 Å². The summed E-state index contributed by atoms with van der Waals surface area (Å²) in [5.74, 6) is 0. The van der Waals surface area contributed by atoms with E-state index in [1.807, 2.05) is 39.0 Å². The third kappa shape index (κ3) is 4.13. The number of amides is 1. The summed E-state index contributed by atoms with van der Waals surface area (Å²) in [5, 5.41) is 0. The van der Waals surface area contributed by atoms with Crippen LogP contribution in [-0.4, -0.2) is 43.8 Å². The second kappa shape index (κ2) is 6.79. The number of ether oxygens (including phenoxy) is 1. The predicted octanol–water partition coefficient (Wildman–Crippen LogP) is 3.42. The molecule has 0 aliphatic carbocycles. The monoisotopic (exact) mass is 386 g/mol. The van der Waals surface area contributed by atoms with E-state index in [-0.39, 0.29) is 17.2 Å². The van der Waals surface area contributed by atoms with Gasteiger partial charge in [0.1, 0.15) is 5.60 Å². The van der Waals surface area contributed by atoms with Gasteiger partial charge in [-0.15, -0.1) is 0 Å². The van der Waals surface area contributed by atoms with Crippen LogP contribution in [-0.2, 0) is 18.3 Å². The fraction of sp³-hybridized carbons (Fsp3) is 0.571. The summed E-state index contributed by atoms with van der Waals surface area (Å²) >= 11 is 0. The standard InChI is InChI=1S/C21H30N4O3/c1-20(2,3)13-25-16-9-8-15(22-17(16)23(7)18(25)26)14-10-11-24(12-14)19(27)28-21(4,5)6/h8-10H,11-13H2,1-7H3. The van der Waals surface area contributed by atoms with Crippen LogP contribution in [0.5, 0.6) is 0 Å². The molecule has 0 spiro atoms. The molecule has 0 fully saturated rings. The molecule has 0 aromatic carbocycles. The van der Waals surface area contributed by atoms with E-state index in [1.165, 1.54) is 0 Å². The molecule has 28 heavy (non-hydrogen) atoms. The molecule has 1 amide bonds. The first-order chi connectivity index (χ1) is 12.9. The predicted molar refractivity (Wildman–Crippen MR) is 110 cm³/mol. The number of aromatic nitrogens is 3. The van der Waals surface area contributed by atoms with Crippen LogP contribution in [0.2, 0.25) is 0 Å². The van der Waals surface area contributed by atoms with Crippen LogP contribution in [0.1, 0.15) is 47.2 Å². The van der Waals surface area contributed by atoms with E-state index >= 15 is 0 Å². The molecular formula is C21H30N4O3. The maximum absolute atomic E-state index is 12.7. The van der Waals surface area contributed by atoms with E-state index in [0.29, 0.717) is 25.3 Å². The van der Waals surface area contributed by atoms with Crippen molar-refractivity contribution in [3.05, 3.63) is 34.4 Å². The molecule has 152 valence electrons. The molecule has 0 atom stereocenters. The quantitative estimate of drug-likeness (QED) is 0.793. The number of pyridine rings is 1. The average Bonchev–Trinajstić information content (AvgIpc) is 3.13. The Balaban J connectivity index is 1.87. The number of fused-ring (bicyclic) bond motifs is 1. The lowest BCUT2D eigenvalue weighted by atomic mass is 9.97. The zero-order valence-electron chi connectivity index (χ0n) is 17.9. The van der Waals surface area contributed by atoms with Gasteiger partial charge >= 0.3 is 11.8 Å². The lowest BCUT2D eigenvalue weighted by molar-refractivity contribution is 0.0306. The summed E-state index contributed by atoms with van der Waals surface area (Å²) < 4.78 is 8.81. The third-order valence-corrected chi connectivity index (χ3v) is 4.51. The lowest BCUT2D eigenvalue weighted by Gasteiger charge is -2.24. The van der Waals surface area contributed by atoms with Crippen LogP contribution in [0.15, 0.2) is 23.0 Å². The Morgan fingerprint density at radius 1 is 1.18 bits per heavy atom. The van der Waals surface area contributed by atoms with Crippen LogP contribution in [0.3, 0.4) is 0 Å². The van der Waals surface area contributed by atoms with Crippen molar-refractivity contribution < 1.29 is 9.53 Å². The van der Waals surface area contributed by atoms with Gasteiger partial charge in [0.05, 0.1) is 17.8 Å². The highest BCUT2D eigenvalue weighted by atomic mass is 16.6. The van der Waals surface area contributed by atoms with Gasteiger partial charge in [-0.25, -0.2) is 14.6 Å². The van der Waals surface area contributed by atoms with Crippen molar-refractivity contribution in [1.29, 1.82) is 0 Å². The molecule has 2 aromatic rings. The van der Waals surface area contributed by atoms with Crippen LogP contribution in [0, 0.1) is 5.41 Å². The molecule has 0 bridgehead atoms. The molecule has 0 unspecified atom stereocenters. The van der Waals surface area contributed by atoms with Gasteiger partial charge in [-0.05, 0) is 43.9 Å². The number of hydrogen-bond acceptors (Lipinski definition) is 4. The maximum atomic E-state index is 12.7. The summed E-state index contributed by atoms with van der Waals surface area (Å²) in [7, 11) is 1.75. The molecule has 0 saturated carbocycles. The minimum absolute atomic E-state index is 0.0152. The van der Waals surface area contributed by atoms with Crippen molar-refractivity contribution in [2.75, 3.05) is 13.1 Å². The third-order valence-electron chi connectivity index (χ3n) is 4.51. The van der Waals surface area contributed by atoms with Crippen LogP contribution >= 0.6 is 0 Å². The molecule has 1 aliphatic heterocycles. The molecule has 7 heteroatoms. The van der Waals surface area contributed by atoms with Gasteiger partial charge < -0.3 is 9.64 Å². The van der Waals surface area contributed by atoms with E-state index in [1.54, 1.807) is 21.1 Å². The van der Waals surface area contributed by atoms with E-state index in [9.17, 15) is 9.59 Å². The number of carbonyl (C=O) groups excluding carboxylic acids is 1. The van der Waals surface area contributed by atoms with Gasteiger partial charge in [0.25, 0.3) is 0 Å². The first-order valence-electron chi connectivity index (χ1n) is 9.59. The largest absolute Gasteiger partial charge is 0.444 e. The van der Waals surface area contributed by atoms with E-state index < -0.39 is 5.60 Å². The van der Waals surface area contributed by atoms with Crippen molar-refractivity contribution in [2.45, 2.75) is 53.7 Å². The van der Waals surface area contributed by atoms with Crippen molar-refractivity contribution in [3.63, 3.8) is 0 Å². The Kier molecular flexibility index (Phi) is 4.89. The number of aryl methyl sites for hydroxylation is 1. The molecule has 0 radical (unpaired) electrons. The Morgan fingerprint density at radius 3 is 2.46 bits per heavy atom. The summed E-state index contributed by atoms with van der Waals surface area (Å²) in [6, 6.07) is 3.87. The molecule has 1 aliphatic rings. The van der Waals surface area contributed by atoms with Gasteiger partial charge in [-0.2, -0.15) is 0 Å². The van der Waals surface area contributed by atoms with Crippen molar-refractivity contribution in [3.8, 4) is 0 Å². The first kappa shape index (κ1) is 20.2. The van der Waals surface area contributed by atoms with E-state index in [4.69, 9.17) is 9.72 Å². The highest BCUT2D eigenvalue weighted by Crippen LogP contribution is 2.24. The van der Waals surface area contributed by atoms with Crippen molar-refractivity contribution >= 4 is 22.8 Å². The molecular weight excluding hydrogens is 356 g/mol. The van der Waals surface area contributed by atoms with Crippen molar-refractivity contribution in [1.82, 2.24) is 19.0 Å². The highest BCUT2D eigenvalue weighted by molar-refractivity contribution is 5.80. The van der Waals surface area contributed by atoms with E-state index in [0.717, 1.165) is 16.8 Å². The van der Waals surface area contributed by atoms with Gasteiger partial charge in [-0.3, -0.25) is 9.13 Å². The fourth-order valence-electron chi connectivity index (χ4n) is 3.29. The lowest BCUT2D eigenvalue weighted by Crippen LogP contribution is -2.35. The Hall–Kier alpha value is -2.57. The number of imidazole rings is 1. The van der Waals surface area contributed by atoms with E-state index in [2.05, 4.69) is 20.8 Å². The zero-order chi connectivity index (χ0) is 20.9. The smallest absolute Gasteiger partial charge is 0.410 e. The number of nitrogens with zero attached hydrogens (tertiary/aromatic N) is 4. The molecule has 3 rings (SSSR count). The van der Waals surface area contributed by atoms with Crippen LogP contribution in [0.25, 0.3) is 16.7 Å².